The smallest absolute Gasteiger partial charge is 0.338 e. The Bertz CT molecular complexity index is 1570. The molecule has 2 aromatic carbocycles. The number of amides is 1. The van der Waals surface area contributed by atoms with Crippen LogP contribution in [0.15, 0.2) is 83.4 Å². The van der Waals surface area contributed by atoms with Gasteiger partial charge >= 0.3 is 5.97 Å². The Labute approximate surface area is 242 Å². The molecule has 1 saturated heterocycles. The molecule has 2 N–H and O–H groups in total. The van der Waals surface area contributed by atoms with E-state index in [-0.39, 0.29) is 17.9 Å². The maximum atomic E-state index is 12.4. The maximum Gasteiger partial charge on any atom is 0.338 e. The number of esters is 1. The van der Waals surface area contributed by atoms with Crippen molar-refractivity contribution in [2.75, 3.05) is 17.3 Å². The third-order valence-electron chi connectivity index (χ3n) is 6.63. The lowest BCUT2D eigenvalue weighted by molar-refractivity contribution is -0.118. The Balaban J connectivity index is 1.57. The lowest BCUT2D eigenvalue weighted by atomic mass is 10.0. The number of pyridine rings is 1. The maximum absolute atomic E-state index is 12.4. The Morgan fingerprint density at radius 3 is 2.58 bits per heavy atom. The molecule has 1 aliphatic rings. The van der Waals surface area contributed by atoms with E-state index in [2.05, 4.69) is 15.6 Å². The van der Waals surface area contributed by atoms with Crippen LogP contribution in [0.3, 0.4) is 0 Å². The van der Waals surface area contributed by atoms with Crippen LogP contribution in [0.4, 0.5) is 11.4 Å². The van der Waals surface area contributed by atoms with Crippen LogP contribution in [0, 0.1) is 5.92 Å². The second kappa shape index (κ2) is 11.5. The molecule has 204 valence electrons. The second-order valence-electron chi connectivity index (χ2n) is 9.54. The van der Waals surface area contributed by atoms with Gasteiger partial charge in [-0.05, 0) is 60.7 Å². The highest BCUT2D eigenvalue weighted by Gasteiger charge is 2.43. The van der Waals surface area contributed by atoms with Crippen LogP contribution in [0.2, 0.25) is 5.02 Å². The van der Waals surface area contributed by atoms with Crippen molar-refractivity contribution in [3.63, 3.8) is 0 Å². The lowest BCUT2D eigenvalue weighted by Gasteiger charge is -2.26. The molecule has 2 aromatic heterocycles. The fourth-order valence-electron chi connectivity index (χ4n) is 4.60. The van der Waals surface area contributed by atoms with E-state index in [9.17, 15) is 9.59 Å². The molecular weight excluding hydrogens is 548 g/mol. The third-order valence-corrected chi connectivity index (χ3v) is 7.25. The van der Waals surface area contributed by atoms with Gasteiger partial charge in [-0.25, -0.2) is 4.79 Å². The summed E-state index contributed by atoms with van der Waals surface area (Å²) in [7, 11) is 1.35. The summed E-state index contributed by atoms with van der Waals surface area (Å²) >= 11 is 12.4. The first kappa shape index (κ1) is 27.4. The number of thiocarbonyl (C=S) groups is 1. The largest absolute Gasteiger partial charge is 0.465 e. The topological polar surface area (TPSA) is 96.7 Å². The van der Waals surface area contributed by atoms with Gasteiger partial charge in [0.25, 0.3) is 0 Å². The first-order chi connectivity index (χ1) is 19.3. The Kier molecular flexibility index (Phi) is 7.86. The quantitative estimate of drug-likeness (QED) is 0.189. The van der Waals surface area contributed by atoms with Crippen molar-refractivity contribution in [1.29, 1.82) is 0 Å². The average molecular weight is 575 g/mol. The summed E-state index contributed by atoms with van der Waals surface area (Å²) < 4.78 is 11.4. The molecule has 5 rings (SSSR count). The van der Waals surface area contributed by atoms with E-state index in [1.54, 1.807) is 30.5 Å². The summed E-state index contributed by atoms with van der Waals surface area (Å²) in [6, 6.07) is 21.1. The molecule has 0 radical (unpaired) electrons. The van der Waals surface area contributed by atoms with Crippen molar-refractivity contribution in [3.05, 3.63) is 101 Å². The molecule has 1 amide bonds. The normalized spacial score (nSPS) is 16.6. The average Bonchev–Trinajstić information content (AvgIpc) is 3.58. The van der Waals surface area contributed by atoms with Crippen molar-refractivity contribution in [3.8, 4) is 11.3 Å². The minimum atomic E-state index is -0.454. The summed E-state index contributed by atoms with van der Waals surface area (Å²) in [5.74, 6) is 0.345. The number of methoxy groups -OCH3 is 1. The molecule has 0 aliphatic carbocycles. The minimum absolute atomic E-state index is 0.128. The van der Waals surface area contributed by atoms with E-state index in [1.165, 1.54) is 7.11 Å². The number of carbonyl (C=O) groups excluding carboxylic acids is 2. The number of carbonyl (C=O) groups is 2. The summed E-state index contributed by atoms with van der Waals surface area (Å²) in [5.41, 5.74) is 3.01. The highest BCUT2D eigenvalue weighted by molar-refractivity contribution is 7.80. The summed E-state index contributed by atoms with van der Waals surface area (Å²) in [6.45, 7) is 3.63. The molecule has 1 aliphatic heterocycles. The Morgan fingerprint density at radius 1 is 1.10 bits per heavy atom. The molecule has 10 heteroatoms. The van der Waals surface area contributed by atoms with Crippen molar-refractivity contribution >= 4 is 52.2 Å². The molecule has 0 bridgehead atoms. The fraction of sp³-hybridized carbons (Fsp3) is 0.200. The first-order valence-electron chi connectivity index (χ1n) is 12.7. The van der Waals surface area contributed by atoms with Gasteiger partial charge in [-0.15, -0.1) is 0 Å². The first-order valence-corrected chi connectivity index (χ1v) is 13.5. The van der Waals surface area contributed by atoms with Crippen molar-refractivity contribution in [2.24, 2.45) is 5.92 Å². The number of ether oxygens (including phenoxy) is 1. The zero-order valence-electron chi connectivity index (χ0n) is 22.1. The van der Waals surface area contributed by atoms with Gasteiger partial charge in [-0.3, -0.25) is 9.78 Å². The number of halogens is 1. The molecule has 0 spiro atoms. The van der Waals surface area contributed by atoms with E-state index in [1.807, 2.05) is 67.3 Å². The van der Waals surface area contributed by atoms with E-state index < -0.39 is 12.0 Å². The number of furan rings is 1. The molecule has 0 unspecified atom stereocenters. The molecule has 3 heterocycles. The van der Waals surface area contributed by atoms with Gasteiger partial charge in [-0.1, -0.05) is 49.7 Å². The van der Waals surface area contributed by atoms with Crippen LogP contribution in [-0.2, 0) is 9.53 Å². The number of rotatable bonds is 7. The SMILES string of the molecule is COC(=O)c1ccccc1-c1ccc([C@H]2[C@@H](c3ccccn3)NC(=S)N2c2ccc(NC(=O)C(C)C)c(Cl)c2)o1. The number of benzene rings is 2. The highest BCUT2D eigenvalue weighted by atomic mass is 35.5. The van der Waals surface area contributed by atoms with Gasteiger partial charge in [-0.2, -0.15) is 0 Å². The molecule has 1 fully saturated rings. The van der Waals surface area contributed by atoms with Crippen molar-refractivity contribution in [2.45, 2.75) is 25.9 Å². The van der Waals surface area contributed by atoms with Crippen LogP contribution in [0.1, 0.15) is 47.7 Å². The number of nitrogens with one attached hydrogen (secondary N) is 2. The number of aromatic nitrogens is 1. The predicted octanol–water partition coefficient (Wildman–Crippen LogP) is 6.55. The third kappa shape index (κ3) is 5.30. The number of hydrogen-bond acceptors (Lipinski definition) is 6. The van der Waals surface area contributed by atoms with Crippen LogP contribution in [-0.4, -0.2) is 29.1 Å². The molecule has 40 heavy (non-hydrogen) atoms. The minimum Gasteiger partial charge on any atom is -0.465 e. The molecular formula is C30H27ClN4O4S. The van der Waals surface area contributed by atoms with Gasteiger partial charge in [0.1, 0.15) is 17.6 Å². The summed E-state index contributed by atoms with van der Waals surface area (Å²) in [6.07, 6.45) is 1.73. The standard InChI is InChI=1S/C30H27ClN4O4S/c1-17(2)28(36)33-22-12-11-18(16-21(22)31)35-27(26(34-30(35)40)23-10-6-7-15-32-23)25-14-13-24(39-25)19-8-4-5-9-20(19)29(37)38-3/h4-17,26-27H,1-3H3,(H,33,36)(H,34,40)/t26-,27+/m1/s1. The summed E-state index contributed by atoms with van der Waals surface area (Å²) in [4.78, 5) is 31.1. The van der Waals surface area contributed by atoms with E-state index in [4.69, 9.17) is 33.0 Å². The van der Waals surface area contributed by atoms with Crippen molar-refractivity contribution in [1.82, 2.24) is 10.3 Å². The summed E-state index contributed by atoms with van der Waals surface area (Å²) in [5, 5.41) is 7.07. The van der Waals surface area contributed by atoms with Crippen LogP contribution in [0.5, 0.6) is 0 Å². The van der Waals surface area contributed by atoms with Crippen LogP contribution < -0.4 is 15.5 Å². The number of hydrogen-bond donors (Lipinski definition) is 2. The van der Waals surface area contributed by atoms with E-state index in [0.717, 1.165) is 5.69 Å². The highest BCUT2D eigenvalue weighted by Crippen LogP contribution is 2.44. The molecule has 4 aromatic rings. The zero-order chi connectivity index (χ0) is 28.4. The zero-order valence-corrected chi connectivity index (χ0v) is 23.6. The van der Waals surface area contributed by atoms with Gasteiger partial charge in [0, 0.05) is 23.4 Å². The van der Waals surface area contributed by atoms with Gasteiger partial charge in [0.15, 0.2) is 5.11 Å². The molecule has 0 saturated carbocycles. The predicted molar refractivity (Wildman–Crippen MR) is 158 cm³/mol. The lowest BCUT2D eigenvalue weighted by Crippen LogP contribution is -2.29. The Hall–Kier alpha value is -4.21. The van der Waals surface area contributed by atoms with Crippen molar-refractivity contribution < 1.29 is 18.7 Å². The van der Waals surface area contributed by atoms with Crippen LogP contribution in [0.25, 0.3) is 11.3 Å². The number of anilines is 2. The molecule has 2 atom stereocenters. The molecule has 8 nitrogen and oxygen atoms in total. The monoisotopic (exact) mass is 574 g/mol. The van der Waals surface area contributed by atoms with Gasteiger partial charge in [0.05, 0.1) is 35.1 Å². The second-order valence-corrected chi connectivity index (χ2v) is 10.3. The fourth-order valence-corrected chi connectivity index (χ4v) is 5.16. The van der Waals surface area contributed by atoms with Gasteiger partial charge in [0.2, 0.25) is 5.91 Å². The van der Waals surface area contributed by atoms with E-state index >= 15 is 0 Å². The Morgan fingerprint density at radius 2 is 1.88 bits per heavy atom. The number of nitrogens with zero attached hydrogens (tertiary/aromatic N) is 2. The van der Waals surface area contributed by atoms with Gasteiger partial charge < -0.3 is 24.7 Å². The van der Waals surface area contributed by atoms with E-state index in [0.29, 0.717) is 44.2 Å². The van der Waals surface area contributed by atoms with Crippen LogP contribution >= 0.6 is 23.8 Å².